The number of rotatable bonds is 1. The third-order valence-corrected chi connectivity index (χ3v) is 5.75. The summed E-state index contributed by atoms with van der Waals surface area (Å²) in [6.07, 6.45) is 4.51. The standard InChI is InChI=1S/C21H19FO2/c1-12-2-3-14-8-15-9-18-19(24-11-23-18)10-17(15)21(20(12)14)13-4-6-16(22)7-5-13/h3-7,9-10,12,20-21H,2,8,11H2,1H3. The molecule has 0 saturated heterocycles. The van der Waals surface area contributed by atoms with E-state index in [0.717, 1.165) is 24.3 Å². The Kier molecular flexibility index (Phi) is 2.99. The van der Waals surface area contributed by atoms with Crippen molar-refractivity contribution in [2.24, 2.45) is 11.8 Å². The van der Waals surface area contributed by atoms with Crippen LogP contribution in [0.15, 0.2) is 48.0 Å². The summed E-state index contributed by atoms with van der Waals surface area (Å²) < 4.78 is 24.6. The first-order valence-corrected chi connectivity index (χ1v) is 8.57. The van der Waals surface area contributed by atoms with Gasteiger partial charge in [0.05, 0.1) is 0 Å². The number of ether oxygens (including phenoxy) is 2. The van der Waals surface area contributed by atoms with E-state index in [-0.39, 0.29) is 11.7 Å². The molecule has 122 valence electrons. The molecule has 2 aliphatic carbocycles. The molecule has 2 nitrogen and oxygen atoms in total. The summed E-state index contributed by atoms with van der Waals surface area (Å²) in [5.41, 5.74) is 5.32. The Labute approximate surface area is 140 Å². The second-order valence-corrected chi connectivity index (χ2v) is 7.13. The first-order chi connectivity index (χ1) is 11.7. The van der Waals surface area contributed by atoms with Crippen LogP contribution in [0.25, 0.3) is 0 Å². The van der Waals surface area contributed by atoms with Crippen LogP contribution in [0.1, 0.15) is 36.0 Å². The molecule has 0 saturated carbocycles. The molecule has 1 heterocycles. The molecule has 1 aliphatic heterocycles. The zero-order valence-corrected chi connectivity index (χ0v) is 13.6. The Morgan fingerprint density at radius 3 is 2.58 bits per heavy atom. The number of benzene rings is 2. The molecule has 3 aliphatic rings. The minimum atomic E-state index is -0.185. The van der Waals surface area contributed by atoms with E-state index in [1.807, 2.05) is 12.1 Å². The Bertz CT molecular complexity index is 838. The van der Waals surface area contributed by atoms with Gasteiger partial charge >= 0.3 is 0 Å². The first-order valence-electron chi connectivity index (χ1n) is 8.57. The highest BCUT2D eigenvalue weighted by Gasteiger charge is 2.40. The molecule has 2 aromatic carbocycles. The lowest BCUT2D eigenvalue weighted by atomic mass is 9.67. The zero-order chi connectivity index (χ0) is 16.3. The van der Waals surface area contributed by atoms with Gasteiger partial charge in [-0.2, -0.15) is 0 Å². The monoisotopic (exact) mass is 322 g/mol. The SMILES string of the molecule is CC1CC=C2Cc3cc4c(cc3C(c3ccc(F)cc3)C21)OCO4. The average molecular weight is 322 g/mol. The van der Waals surface area contributed by atoms with Crippen molar-refractivity contribution in [2.45, 2.75) is 25.7 Å². The Hall–Kier alpha value is -2.29. The highest BCUT2D eigenvalue weighted by molar-refractivity contribution is 5.56. The Morgan fingerprint density at radius 1 is 1.04 bits per heavy atom. The van der Waals surface area contributed by atoms with Gasteiger partial charge in [-0.25, -0.2) is 4.39 Å². The van der Waals surface area contributed by atoms with Crippen LogP contribution in [-0.2, 0) is 6.42 Å². The highest BCUT2D eigenvalue weighted by atomic mass is 19.1. The lowest BCUT2D eigenvalue weighted by Crippen LogP contribution is -2.26. The molecule has 3 atom stereocenters. The molecule has 3 unspecified atom stereocenters. The molecule has 24 heavy (non-hydrogen) atoms. The molecule has 0 bridgehead atoms. The number of fused-ring (bicyclic) bond motifs is 3. The van der Waals surface area contributed by atoms with Gasteiger partial charge in [0.15, 0.2) is 11.5 Å². The number of hydrogen-bond acceptors (Lipinski definition) is 2. The predicted octanol–water partition coefficient (Wildman–Crippen LogP) is 4.82. The van der Waals surface area contributed by atoms with E-state index in [9.17, 15) is 4.39 Å². The molecular weight excluding hydrogens is 303 g/mol. The van der Waals surface area contributed by atoms with Crippen LogP contribution in [0.2, 0.25) is 0 Å². The lowest BCUT2D eigenvalue weighted by Gasteiger charge is -2.36. The van der Waals surface area contributed by atoms with Gasteiger partial charge in [-0.05, 0) is 65.6 Å². The quantitative estimate of drug-likeness (QED) is 0.701. The third kappa shape index (κ3) is 2.00. The third-order valence-electron chi connectivity index (χ3n) is 5.75. The fourth-order valence-corrected chi connectivity index (χ4v) is 4.63. The predicted molar refractivity (Wildman–Crippen MR) is 89.9 cm³/mol. The normalized spacial score (nSPS) is 26.8. The lowest BCUT2D eigenvalue weighted by molar-refractivity contribution is 0.174. The second-order valence-electron chi connectivity index (χ2n) is 7.13. The first kappa shape index (κ1) is 14.1. The van der Waals surface area contributed by atoms with Crippen molar-refractivity contribution in [2.75, 3.05) is 6.79 Å². The Balaban J connectivity index is 1.70. The molecule has 0 radical (unpaired) electrons. The van der Waals surface area contributed by atoms with Crippen LogP contribution < -0.4 is 9.47 Å². The maximum atomic E-state index is 13.4. The van der Waals surface area contributed by atoms with Crippen molar-refractivity contribution in [3.05, 3.63) is 70.6 Å². The molecule has 0 N–H and O–H groups in total. The van der Waals surface area contributed by atoms with Crippen molar-refractivity contribution in [1.29, 1.82) is 0 Å². The molecule has 0 spiro atoms. The molecule has 2 aromatic rings. The summed E-state index contributed by atoms with van der Waals surface area (Å²) in [5, 5.41) is 0. The van der Waals surface area contributed by atoms with Crippen molar-refractivity contribution in [3.8, 4) is 11.5 Å². The van der Waals surface area contributed by atoms with Gasteiger partial charge in [0.25, 0.3) is 0 Å². The number of halogens is 1. The van der Waals surface area contributed by atoms with E-state index < -0.39 is 0 Å². The van der Waals surface area contributed by atoms with E-state index in [2.05, 4.69) is 25.1 Å². The maximum Gasteiger partial charge on any atom is 0.231 e. The van der Waals surface area contributed by atoms with Crippen molar-refractivity contribution in [3.63, 3.8) is 0 Å². The van der Waals surface area contributed by atoms with Gasteiger partial charge in [0, 0.05) is 5.92 Å². The molecular formula is C21H19FO2. The summed E-state index contributed by atoms with van der Waals surface area (Å²) in [6.45, 7) is 2.62. The fourth-order valence-electron chi connectivity index (χ4n) is 4.63. The van der Waals surface area contributed by atoms with Gasteiger partial charge in [0.1, 0.15) is 5.82 Å². The zero-order valence-electron chi connectivity index (χ0n) is 13.6. The second kappa shape index (κ2) is 5.10. The highest BCUT2D eigenvalue weighted by Crippen LogP contribution is 2.53. The van der Waals surface area contributed by atoms with Gasteiger partial charge in [-0.15, -0.1) is 0 Å². The van der Waals surface area contributed by atoms with Crippen LogP contribution in [0.3, 0.4) is 0 Å². The van der Waals surface area contributed by atoms with Crippen LogP contribution in [0.5, 0.6) is 11.5 Å². The van der Waals surface area contributed by atoms with E-state index in [4.69, 9.17) is 9.47 Å². The van der Waals surface area contributed by atoms with Crippen LogP contribution >= 0.6 is 0 Å². The average Bonchev–Trinajstić information content (AvgIpc) is 3.18. The van der Waals surface area contributed by atoms with Gasteiger partial charge < -0.3 is 9.47 Å². The van der Waals surface area contributed by atoms with Crippen LogP contribution in [0, 0.1) is 17.7 Å². The van der Waals surface area contributed by atoms with Crippen LogP contribution in [-0.4, -0.2) is 6.79 Å². The van der Waals surface area contributed by atoms with Crippen molar-refractivity contribution in [1.82, 2.24) is 0 Å². The van der Waals surface area contributed by atoms with Gasteiger partial charge in [0.2, 0.25) is 6.79 Å². The number of allylic oxidation sites excluding steroid dienone is 2. The molecule has 0 aromatic heterocycles. The minimum absolute atomic E-state index is 0.185. The molecule has 5 rings (SSSR count). The molecule has 0 amide bonds. The van der Waals surface area contributed by atoms with E-state index >= 15 is 0 Å². The summed E-state index contributed by atoms with van der Waals surface area (Å²) in [5.74, 6) is 2.84. The maximum absolute atomic E-state index is 13.4. The fraction of sp³-hybridized carbons (Fsp3) is 0.333. The molecule has 0 fully saturated rings. The van der Waals surface area contributed by atoms with E-state index in [1.54, 1.807) is 12.1 Å². The summed E-state index contributed by atoms with van der Waals surface area (Å²) in [4.78, 5) is 0. The number of hydrogen-bond donors (Lipinski definition) is 0. The van der Waals surface area contributed by atoms with Gasteiger partial charge in [-0.1, -0.05) is 30.7 Å². The summed E-state index contributed by atoms with van der Waals surface area (Å²) in [6, 6.07) is 11.3. The largest absolute Gasteiger partial charge is 0.454 e. The minimum Gasteiger partial charge on any atom is -0.454 e. The van der Waals surface area contributed by atoms with Crippen molar-refractivity contribution >= 4 is 0 Å². The summed E-state index contributed by atoms with van der Waals surface area (Å²) in [7, 11) is 0. The van der Waals surface area contributed by atoms with E-state index in [1.165, 1.54) is 22.3 Å². The van der Waals surface area contributed by atoms with Gasteiger partial charge in [-0.3, -0.25) is 0 Å². The van der Waals surface area contributed by atoms with E-state index in [0.29, 0.717) is 18.6 Å². The van der Waals surface area contributed by atoms with Crippen LogP contribution in [0.4, 0.5) is 4.39 Å². The smallest absolute Gasteiger partial charge is 0.231 e. The van der Waals surface area contributed by atoms with Crippen molar-refractivity contribution < 1.29 is 13.9 Å². The topological polar surface area (TPSA) is 18.5 Å². The molecule has 3 heteroatoms. The Morgan fingerprint density at radius 2 is 1.79 bits per heavy atom. The summed E-state index contributed by atoms with van der Waals surface area (Å²) >= 11 is 0.